The molecule has 2 unspecified atom stereocenters. The Labute approximate surface area is 126 Å². The van der Waals surface area contributed by atoms with Crippen LogP contribution in [0.5, 0.6) is 0 Å². The van der Waals surface area contributed by atoms with Crippen molar-refractivity contribution in [2.24, 2.45) is 17.3 Å². The molecular weight excluding hydrogens is 244 g/mol. The van der Waals surface area contributed by atoms with Crippen LogP contribution >= 0.6 is 0 Å². The van der Waals surface area contributed by atoms with E-state index in [-0.39, 0.29) is 0 Å². The summed E-state index contributed by atoms with van der Waals surface area (Å²) in [5, 5.41) is 3.66. The maximum atomic E-state index is 3.66. The van der Waals surface area contributed by atoms with Crippen molar-refractivity contribution < 1.29 is 0 Å². The second kappa shape index (κ2) is 6.79. The van der Waals surface area contributed by atoms with Gasteiger partial charge in [0.05, 0.1) is 0 Å². The first kappa shape index (κ1) is 16.3. The summed E-state index contributed by atoms with van der Waals surface area (Å²) in [7, 11) is 2.39. The van der Waals surface area contributed by atoms with Gasteiger partial charge in [0.25, 0.3) is 0 Å². The lowest BCUT2D eigenvalue weighted by molar-refractivity contribution is 0.0211. The van der Waals surface area contributed by atoms with Crippen LogP contribution in [0.4, 0.5) is 0 Å². The molecule has 0 radical (unpaired) electrons. The fraction of sp³-hybridized carbons (Fsp3) is 1.00. The third-order valence-electron chi connectivity index (χ3n) is 5.74. The molecule has 0 aliphatic heterocycles. The molecule has 2 heteroatoms. The second-order valence-corrected chi connectivity index (χ2v) is 8.52. The number of nitrogens with zero attached hydrogens (tertiary/aromatic N) is 1. The maximum absolute atomic E-state index is 3.66. The van der Waals surface area contributed by atoms with Crippen LogP contribution in [0.3, 0.4) is 0 Å². The summed E-state index contributed by atoms with van der Waals surface area (Å²) in [4.78, 5) is 2.74. The van der Waals surface area contributed by atoms with E-state index in [1.54, 1.807) is 0 Å². The van der Waals surface area contributed by atoms with Gasteiger partial charge in [-0.2, -0.15) is 0 Å². The molecule has 2 saturated carbocycles. The van der Waals surface area contributed by atoms with Crippen LogP contribution in [-0.2, 0) is 0 Å². The molecule has 2 aliphatic rings. The summed E-state index contributed by atoms with van der Waals surface area (Å²) in [6.07, 6.45) is 8.48. The van der Waals surface area contributed by atoms with E-state index >= 15 is 0 Å². The van der Waals surface area contributed by atoms with Crippen LogP contribution in [0.1, 0.15) is 66.2 Å². The van der Waals surface area contributed by atoms with Gasteiger partial charge in [-0.1, -0.05) is 27.7 Å². The summed E-state index contributed by atoms with van der Waals surface area (Å²) in [5.41, 5.74) is 0.592. The molecule has 2 fully saturated rings. The minimum absolute atomic E-state index is 0.592. The Morgan fingerprint density at radius 3 is 2.25 bits per heavy atom. The Hall–Kier alpha value is -0.0800. The summed E-state index contributed by atoms with van der Waals surface area (Å²) in [6, 6.07) is 1.70. The molecule has 2 rings (SSSR count). The summed E-state index contributed by atoms with van der Waals surface area (Å²) < 4.78 is 0. The van der Waals surface area contributed by atoms with Crippen molar-refractivity contribution in [2.75, 3.05) is 20.1 Å². The topological polar surface area (TPSA) is 15.3 Å². The van der Waals surface area contributed by atoms with Crippen molar-refractivity contribution in [3.8, 4) is 0 Å². The number of rotatable bonds is 6. The third-order valence-corrected chi connectivity index (χ3v) is 5.74. The molecule has 0 heterocycles. The average molecular weight is 281 g/mol. The minimum Gasteiger partial charge on any atom is -0.316 e. The highest BCUT2D eigenvalue weighted by Crippen LogP contribution is 2.40. The van der Waals surface area contributed by atoms with E-state index in [9.17, 15) is 0 Å². The smallest absolute Gasteiger partial charge is 0.0136 e. The first-order valence-corrected chi connectivity index (χ1v) is 8.82. The molecule has 2 atom stereocenters. The monoisotopic (exact) mass is 280 g/mol. The van der Waals surface area contributed by atoms with Gasteiger partial charge in [-0.25, -0.2) is 0 Å². The molecule has 0 aromatic rings. The number of hydrogen-bond acceptors (Lipinski definition) is 2. The zero-order chi connectivity index (χ0) is 14.8. The first-order chi connectivity index (χ1) is 9.39. The molecular formula is C18H36N2. The summed E-state index contributed by atoms with van der Waals surface area (Å²) >= 11 is 0. The first-order valence-electron chi connectivity index (χ1n) is 8.82. The van der Waals surface area contributed by atoms with Gasteiger partial charge in [0.2, 0.25) is 0 Å². The van der Waals surface area contributed by atoms with Crippen molar-refractivity contribution in [1.82, 2.24) is 10.2 Å². The minimum atomic E-state index is 0.592. The Morgan fingerprint density at radius 2 is 1.75 bits per heavy atom. The molecule has 2 nitrogen and oxygen atoms in total. The lowest BCUT2D eigenvalue weighted by Gasteiger charge is -2.48. The van der Waals surface area contributed by atoms with Crippen LogP contribution in [0.25, 0.3) is 0 Å². The van der Waals surface area contributed by atoms with Gasteiger partial charge in [0, 0.05) is 12.1 Å². The third kappa shape index (κ3) is 4.21. The molecule has 0 aromatic carbocycles. The van der Waals surface area contributed by atoms with Crippen LogP contribution in [0.2, 0.25) is 0 Å². The lowest BCUT2D eigenvalue weighted by atomic mass is 9.73. The Morgan fingerprint density at radius 1 is 1.10 bits per heavy atom. The Balaban J connectivity index is 1.74. The average Bonchev–Trinajstić information content (AvgIpc) is 2.32. The number of hydrogen-bond donors (Lipinski definition) is 1. The fourth-order valence-corrected chi connectivity index (χ4v) is 3.95. The van der Waals surface area contributed by atoms with Gasteiger partial charge in [-0.05, 0) is 75.9 Å². The van der Waals surface area contributed by atoms with Crippen LogP contribution in [0, 0.1) is 17.3 Å². The van der Waals surface area contributed by atoms with E-state index in [0.29, 0.717) is 5.41 Å². The summed E-state index contributed by atoms with van der Waals surface area (Å²) in [6.45, 7) is 11.9. The second-order valence-electron chi connectivity index (χ2n) is 8.52. The molecule has 20 heavy (non-hydrogen) atoms. The highest BCUT2D eigenvalue weighted by atomic mass is 15.2. The van der Waals surface area contributed by atoms with E-state index in [2.05, 4.69) is 45.0 Å². The highest BCUT2D eigenvalue weighted by molar-refractivity contribution is 4.93. The van der Waals surface area contributed by atoms with Crippen LogP contribution < -0.4 is 5.32 Å². The van der Waals surface area contributed by atoms with Gasteiger partial charge in [0.1, 0.15) is 0 Å². The van der Waals surface area contributed by atoms with Gasteiger partial charge in [0.15, 0.2) is 0 Å². The van der Waals surface area contributed by atoms with Crippen molar-refractivity contribution in [2.45, 2.75) is 78.3 Å². The van der Waals surface area contributed by atoms with Crippen LogP contribution in [-0.4, -0.2) is 37.1 Å². The zero-order valence-corrected chi connectivity index (χ0v) is 14.4. The molecule has 0 spiro atoms. The molecule has 2 aliphatic carbocycles. The van der Waals surface area contributed by atoms with E-state index in [4.69, 9.17) is 0 Å². The van der Waals surface area contributed by atoms with E-state index in [1.807, 2.05) is 0 Å². The summed E-state index contributed by atoms with van der Waals surface area (Å²) in [5.74, 6) is 1.67. The molecule has 118 valence electrons. The van der Waals surface area contributed by atoms with Gasteiger partial charge in [-0.15, -0.1) is 0 Å². The van der Waals surface area contributed by atoms with Crippen molar-refractivity contribution >= 4 is 0 Å². The molecule has 0 aromatic heterocycles. The van der Waals surface area contributed by atoms with Crippen molar-refractivity contribution in [3.05, 3.63) is 0 Å². The normalized spacial score (nSPS) is 30.8. The van der Waals surface area contributed by atoms with Gasteiger partial charge in [-0.3, -0.25) is 0 Å². The van der Waals surface area contributed by atoms with Crippen LogP contribution in [0.15, 0.2) is 0 Å². The predicted octanol–water partition coefficient (Wildman–Crippen LogP) is 3.91. The van der Waals surface area contributed by atoms with E-state index in [0.717, 1.165) is 23.9 Å². The number of nitrogens with one attached hydrogen (secondary N) is 1. The lowest BCUT2D eigenvalue weighted by Crippen LogP contribution is -2.53. The molecule has 1 N–H and O–H groups in total. The van der Waals surface area contributed by atoms with E-state index in [1.165, 1.54) is 51.6 Å². The van der Waals surface area contributed by atoms with Gasteiger partial charge < -0.3 is 10.2 Å². The quantitative estimate of drug-likeness (QED) is 0.793. The van der Waals surface area contributed by atoms with Crippen molar-refractivity contribution in [3.63, 3.8) is 0 Å². The zero-order valence-electron chi connectivity index (χ0n) is 14.4. The molecule has 0 bridgehead atoms. The standard InChI is InChI=1S/C18H36N2/c1-14(2)12-19-13-15-6-7-17(15)20(5)16-8-10-18(3,4)11-9-16/h14-17,19H,6-13H2,1-5H3. The van der Waals surface area contributed by atoms with Gasteiger partial charge >= 0.3 is 0 Å². The SMILES string of the molecule is CC(C)CNCC1CCC1N(C)C1CCC(C)(C)CC1. The largest absolute Gasteiger partial charge is 0.316 e. The predicted molar refractivity (Wildman–Crippen MR) is 88.0 cm³/mol. The Kier molecular flexibility index (Phi) is 5.53. The highest BCUT2D eigenvalue weighted by Gasteiger charge is 2.38. The maximum Gasteiger partial charge on any atom is 0.0136 e. The molecule has 0 amide bonds. The van der Waals surface area contributed by atoms with Crippen molar-refractivity contribution in [1.29, 1.82) is 0 Å². The molecule has 0 saturated heterocycles. The Bertz CT molecular complexity index is 288. The fourth-order valence-electron chi connectivity index (χ4n) is 3.95. The van der Waals surface area contributed by atoms with E-state index < -0.39 is 0 Å².